The first-order chi connectivity index (χ1) is 38.3. The molecule has 0 saturated carbocycles. The number of hydrogen-bond donors (Lipinski definition) is 9. The molecule has 10 N–H and O–H groups in total. The molecule has 1 aromatic heterocycles. The van der Waals surface area contributed by atoms with Gasteiger partial charge in [0.25, 0.3) is 5.91 Å². The van der Waals surface area contributed by atoms with Crippen molar-refractivity contribution in [2.75, 3.05) is 51.9 Å². The fourth-order valence-electron chi connectivity index (χ4n) is 9.18. The van der Waals surface area contributed by atoms with Crippen molar-refractivity contribution >= 4 is 56.7 Å². The molecule has 6 heterocycles. The predicted molar refractivity (Wildman–Crippen MR) is 272 cm³/mol. The van der Waals surface area contributed by atoms with Crippen LogP contribution >= 0.6 is 39.1 Å². The number of anilines is 1. The van der Waals surface area contributed by atoms with Crippen molar-refractivity contribution in [3.8, 4) is 0 Å². The largest absolute Gasteiger partial charge is 0.472 e. The molecule has 5 aliphatic rings. The van der Waals surface area contributed by atoms with Gasteiger partial charge in [-0.15, -0.1) is 0 Å². The van der Waals surface area contributed by atoms with Crippen LogP contribution in [0.2, 0.25) is 0 Å². The first kappa shape index (κ1) is 68.4. The Morgan fingerprint density at radius 1 is 0.695 bits per heavy atom. The zero-order chi connectivity index (χ0) is 60.4. The number of carbonyl (C=O) groups excluding carboxylic acids is 2. The zero-order valence-electron chi connectivity index (χ0n) is 44.7. The Hall–Kier alpha value is -2.76. The van der Waals surface area contributed by atoms with Gasteiger partial charge in [-0.25, -0.2) is 27.6 Å². The van der Waals surface area contributed by atoms with Crippen LogP contribution in [0.5, 0.6) is 0 Å². The van der Waals surface area contributed by atoms with Crippen molar-refractivity contribution in [2.24, 2.45) is 5.11 Å². The van der Waals surface area contributed by atoms with Crippen LogP contribution in [-0.2, 0) is 102 Å². The molecule has 0 aliphatic carbocycles. The third-order valence-electron chi connectivity index (χ3n) is 12.6. The molecular formula is C40H69N8O29P5. The summed E-state index contributed by atoms with van der Waals surface area (Å²) in [5.74, 6) is -1.32. The standard InChI is InChI=1S/C40H69N8O29P5/c1-21-11-27(74-79(55,56)63-10-6-8-43-25(5)49)32(68-21)18-65-80(57,58)75-28-12-22(2)69-33(28)19-66-81(59,60)76-29-13-23(3)70-34(29)20-67-82(61,62)77-30-14-24(4)71-38(30)39(50)44-16-36(46-47-42)72-26-15-37(48-9-7-35(41)45-40(48)51)73-31(26)17-64-78(52,53)54/h7,9,21-24,26-34,36-38H,6,8,10-20H2,1-5H3,(H,43,49)(H,44,50)(H,55,56)(H,57,58)(H,59,60)(H,61,62)(H2,41,45,51)(H2,52,53,54). The molecule has 0 aromatic carbocycles. The zero-order valence-corrected chi connectivity index (χ0v) is 49.2. The number of aromatic nitrogens is 2. The van der Waals surface area contributed by atoms with E-state index < -0.39 is 182 Å². The van der Waals surface area contributed by atoms with Crippen LogP contribution < -0.4 is 22.1 Å². The van der Waals surface area contributed by atoms with Crippen LogP contribution in [0.3, 0.4) is 0 Å². The number of phosphoric ester groups is 5. The Kier molecular flexibility index (Phi) is 24.8. The van der Waals surface area contributed by atoms with Crippen LogP contribution in [0.15, 0.2) is 22.2 Å². The molecule has 82 heavy (non-hydrogen) atoms. The van der Waals surface area contributed by atoms with E-state index in [2.05, 4.69) is 30.2 Å². The van der Waals surface area contributed by atoms with E-state index in [9.17, 15) is 72.1 Å². The Morgan fingerprint density at radius 2 is 1.15 bits per heavy atom. The van der Waals surface area contributed by atoms with E-state index in [1.165, 1.54) is 26.1 Å². The van der Waals surface area contributed by atoms with Crippen LogP contribution in [0.25, 0.3) is 10.4 Å². The van der Waals surface area contributed by atoms with Crippen LogP contribution in [0.4, 0.5) is 5.82 Å². The highest BCUT2D eigenvalue weighted by Crippen LogP contribution is 2.53. The van der Waals surface area contributed by atoms with Gasteiger partial charge in [-0.1, -0.05) is 5.11 Å². The van der Waals surface area contributed by atoms with Crippen molar-refractivity contribution < 1.29 is 131 Å². The molecular weight excluding hydrogens is 1210 g/mol. The fourth-order valence-corrected chi connectivity index (χ4v) is 13.4. The number of carbonyl (C=O) groups is 2. The van der Waals surface area contributed by atoms with Crippen molar-refractivity contribution in [3.05, 3.63) is 33.2 Å². The molecule has 468 valence electrons. The number of nitrogen functional groups attached to an aromatic ring is 1. The lowest BCUT2D eigenvalue weighted by Crippen LogP contribution is -2.45. The maximum atomic E-state index is 13.5. The van der Waals surface area contributed by atoms with Crippen LogP contribution in [0.1, 0.15) is 79.4 Å². The van der Waals surface area contributed by atoms with Crippen molar-refractivity contribution in [2.45, 2.75) is 171 Å². The normalized spacial score (nSPS) is 33.6. The third kappa shape index (κ3) is 21.9. The number of hydrogen-bond acceptors (Lipinski definition) is 26. The van der Waals surface area contributed by atoms with Gasteiger partial charge in [0.15, 0.2) is 12.3 Å². The summed E-state index contributed by atoms with van der Waals surface area (Å²) in [7, 11) is -24.8. The smallest absolute Gasteiger partial charge is 0.383 e. The van der Waals surface area contributed by atoms with Crippen molar-refractivity contribution in [3.63, 3.8) is 0 Å². The minimum atomic E-state index is -5.12. The number of ether oxygens (including phenoxy) is 6. The SMILES string of the molecule is CC(=O)NCCCOP(=O)(O)OC1CC(C)OC1COP(=O)(O)OC1CC(C)OC1COP(=O)(O)OC1CC(C)OC1COP(=O)(O)OC1CC(C)OC1C(=O)NCC(N=[N+]=[N-])OC1CC(n2ccc(N)nc2=O)OC1COP(=O)(O)O. The third-order valence-corrected chi connectivity index (χ3v) is 17.2. The molecule has 5 saturated heterocycles. The topological polar surface area (TPSA) is 513 Å². The van der Waals surface area contributed by atoms with Gasteiger partial charge in [-0.05, 0) is 45.7 Å². The number of phosphoric acid groups is 5. The molecule has 1 aromatic rings. The molecule has 6 rings (SSSR count). The van der Waals surface area contributed by atoms with Crippen molar-refractivity contribution in [1.29, 1.82) is 0 Å². The second kappa shape index (κ2) is 29.8. The highest BCUT2D eigenvalue weighted by molar-refractivity contribution is 7.48. The Morgan fingerprint density at radius 3 is 1.62 bits per heavy atom. The van der Waals surface area contributed by atoms with E-state index in [1.54, 1.807) is 20.8 Å². The molecule has 5 aliphatic heterocycles. The fraction of sp³-hybridized carbons (Fsp3) is 0.850. The van der Waals surface area contributed by atoms with Gasteiger partial charge in [0, 0.05) is 63.2 Å². The first-order valence-electron chi connectivity index (χ1n) is 25.4. The summed E-state index contributed by atoms with van der Waals surface area (Å²) in [5.41, 5.74) is 14.1. The van der Waals surface area contributed by atoms with E-state index in [1.807, 2.05) is 0 Å². The molecule has 2 amide bonds. The van der Waals surface area contributed by atoms with Crippen LogP contribution in [-0.4, -0.2) is 189 Å². The van der Waals surface area contributed by atoms with E-state index in [0.29, 0.717) is 0 Å². The quantitative estimate of drug-likeness (QED) is 0.0163. The van der Waals surface area contributed by atoms with E-state index in [0.717, 1.165) is 4.57 Å². The number of nitrogens with one attached hydrogen (secondary N) is 2. The molecule has 37 nitrogen and oxygen atoms in total. The summed E-state index contributed by atoms with van der Waals surface area (Å²) in [4.78, 5) is 105. The lowest BCUT2D eigenvalue weighted by molar-refractivity contribution is -0.136. The summed E-state index contributed by atoms with van der Waals surface area (Å²) in [5, 5.41) is 8.47. The summed E-state index contributed by atoms with van der Waals surface area (Å²) in [6.45, 7) is 4.15. The second-order valence-corrected chi connectivity index (χ2v) is 26.4. The summed E-state index contributed by atoms with van der Waals surface area (Å²) < 4.78 is 146. The molecule has 0 bridgehead atoms. The van der Waals surface area contributed by atoms with Gasteiger partial charge in [-0.2, -0.15) is 4.98 Å². The van der Waals surface area contributed by atoms with Crippen LogP contribution in [0, 0.1) is 0 Å². The van der Waals surface area contributed by atoms with Gasteiger partial charge >= 0.3 is 44.8 Å². The average Bonchev–Trinajstić information content (AvgIpc) is 4.23. The number of rotatable bonds is 32. The molecule has 42 heteroatoms. The Bertz CT molecular complexity index is 2690. The lowest BCUT2D eigenvalue weighted by Gasteiger charge is -2.26. The highest BCUT2D eigenvalue weighted by atomic mass is 31.2. The molecule has 20 unspecified atom stereocenters. The average molecular weight is 1280 g/mol. The summed E-state index contributed by atoms with van der Waals surface area (Å²) in [6.07, 6.45) is -16.6. The molecule has 5 fully saturated rings. The molecule has 20 atom stereocenters. The minimum Gasteiger partial charge on any atom is -0.383 e. The summed E-state index contributed by atoms with van der Waals surface area (Å²) >= 11 is 0. The Balaban J connectivity index is 0.969. The maximum absolute atomic E-state index is 13.5. The number of azide groups is 1. The van der Waals surface area contributed by atoms with E-state index >= 15 is 0 Å². The van der Waals surface area contributed by atoms with Gasteiger partial charge in [-0.3, -0.25) is 54.9 Å². The van der Waals surface area contributed by atoms with E-state index in [-0.39, 0.29) is 63.4 Å². The predicted octanol–water partition coefficient (Wildman–Crippen LogP) is 1.60. The molecule has 0 radical (unpaired) electrons. The van der Waals surface area contributed by atoms with Gasteiger partial charge in [0.1, 0.15) is 60.9 Å². The highest BCUT2D eigenvalue weighted by Gasteiger charge is 2.48. The monoisotopic (exact) mass is 1280 g/mol. The Labute approximate surface area is 467 Å². The molecule has 0 spiro atoms. The van der Waals surface area contributed by atoms with Gasteiger partial charge in [0.2, 0.25) is 5.91 Å². The maximum Gasteiger partial charge on any atom is 0.472 e. The van der Waals surface area contributed by atoms with E-state index in [4.69, 9.17) is 70.3 Å². The van der Waals surface area contributed by atoms with Crippen molar-refractivity contribution in [1.82, 2.24) is 20.2 Å². The lowest BCUT2D eigenvalue weighted by atomic mass is 10.1. The first-order valence-corrected chi connectivity index (χ1v) is 32.9. The van der Waals surface area contributed by atoms with Gasteiger partial charge < -0.3 is 74.1 Å². The number of amides is 2. The number of nitrogens with two attached hydrogens (primary N) is 1. The van der Waals surface area contributed by atoms with Gasteiger partial charge in [0.05, 0.1) is 63.6 Å². The number of nitrogens with zero attached hydrogens (tertiary/aromatic N) is 5. The minimum absolute atomic E-state index is 0.00626. The summed E-state index contributed by atoms with van der Waals surface area (Å²) in [6, 6.07) is 1.30. The second-order valence-electron chi connectivity index (χ2n) is 19.5.